The summed E-state index contributed by atoms with van der Waals surface area (Å²) in [4.78, 5) is 37.1. The van der Waals surface area contributed by atoms with Crippen molar-refractivity contribution >= 4 is 50.2 Å². The van der Waals surface area contributed by atoms with Crippen LogP contribution in [-0.4, -0.2) is 35.6 Å². The molecule has 174 valence electrons. The van der Waals surface area contributed by atoms with Gasteiger partial charge in [0, 0.05) is 18.7 Å². The summed E-state index contributed by atoms with van der Waals surface area (Å²) in [7, 11) is 0. The summed E-state index contributed by atoms with van der Waals surface area (Å²) in [6.07, 6.45) is -4.08. The number of hydrogen-bond acceptors (Lipinski definition) is 5. The van der Waals surface area contributed by atoms with E-state index < -0.39 is 29.8 Å². The van der Waals surface area contributed by atoms with E-state index in [9.17, 15) is 31.9 Å². The fraction of sp³-hybridized carbons (Fsp3) is 0.200. The largest absolute Gasteiger partial charge is 0.404 e. The van der Waals surface area contributed by atoms with E-state index in [1.54, 1.807) is 0 Å². The van der Waals surface area contributed by atoms with E-state index in [0.29, 0.717) is 15.9 Å². The van der Waals surface area contributed by atoms with Gasteiger partial charge in [-0.05, 0) is 42.0 Å². The number of fused-ring (bicyclic) bond motifs is 1. The van der Waals surface area contributed by atoms with E-state index in [1.165, 1.54) is 36.4 Å². The lowest BCUT2D eigenvalue weighted by Gasteiger charge is -2.17. The molecular formula is C20H17F4N5O3S. The molecule has 33 heavy (non-hydrogen) atoms. The number of nitrogens with two attached hydrogens (primary N) is 1. The van der Waals surface area contributed by atoms with Crippen molar-refractivity contribution in [3.8, 4) is 0 Å². The zero-order valence-corrected chi connectivity index (χ0v) is 17.5. The Bertz CT molecular complexity index is 1170. The van der Waals surface area contributed by atoms with Gasteiger partial charge < -0.3 is 16.4 Å². The Morgan fingerprint density at radius 2 is 1.76 bits per heavy atom. The summed E-state index contributed by atoms with van der Waals surface area (Å²) < 4.78 is 52.4. The van der Waals surface area contributed by atoms with Crippen LogP contribution in [0.2, 0.25) is 0 Å². The number of thiazole rings is 1. The number of nitrogens with one attached hydrogen (secondary N) is 3. The highest BCUT2D eigenvalue weighted by molar-refractivity contribution is 7.22. The van der Waals surface area contributed by atoms with Crippen LogP contribution in [-0.2, 0) is 9.59 Å². The maximum Gasteiger partial charge on any atom is 0.404 e. The highest BCUT2D eigenvalue weighted by Gasteiger charge is 2.45. The zero-order chi connectivity index (χ0) is 24.2. The molecule has 1 unspecified atom stereocenters. The summed E-state index contributed by atoms with van der Waals surface area (Å²) in [6, 6.07) is 8.01. The lowest BCUT2D eigenvalue weighted by Crippen LogP contribution is -2.37. The minimum Gasteiger partial charge on any atom is -0.369 e. The van der Waals surface area contributed by atoms with Gasteiger partial charge in [0.2, 0.25) is 11.8 Å². The van der Waals surface area contributed by atoms with Crippen molar-refractivity contribution in [2.75, 3.05) is 17.2 Å². The Kier molecular flexibility index (Phi) is 7.11. The first kappa shape index (κ1) is 23.9. The highest BCUT2D eigenvalue weighted by Crippen LogP contribution is 2.37. The number of primary amides is 1. The van der Waals surface area contributed by atoms with Crippen LogP contribution in [0, 0.1) is 5.82 Å². The molecule has 1 saturated heterocycles. The van der Waals surface area contributed by atoms with Crippen LogP contribution in [0.1, 0.15) is 17.9 Å². The standard InChI is InChI=1S/C17H12F4N4O2S.C3H5NO/c18-9-2-4-10(5-3-9)23-15(27)25-16-24-11-6-1-8(7-12(11)28-16)13(14(22)26)17(19,20)21;5-3-1-2-4-3/h1-7,13H,(H2,22,26)(H2,23,24,25,27);1-2H2,(H,4,5). The predicted molar refractivity (Wildman–Crippen MR) is 114 cm³/mol. The average molecular weight is 483 g/mol. The smallest absolute Gasteiger partial charge is 0.369 e. The molecule has 0 saturated carbocycles. The second-order valence-electron chi connectivity index (χ2n) is 6.81. The first-order valence-corrected chi connectivity index (χ1v) is 10.2. The number of nitrogens with zero attached hydrogens (tertiary/aromatic N) is 1. The van der Waals surface area contributed by atoms with Gasteiger partial charge in [-0.1, -0.05) is 17.4 Å². The molecule has 0 spiro atoms. The number of benzene rings is 2. The van der Waals surface area contributed by atoms with Gasteiger partial charge in [0.05, 0.1) is 10.2 Å². The van der Waals surface area contributed by atoms with Crippen molar-refractivity contribution in [1.82, 2.24) is 10.3 Å². The molecule has 13 heteroatoms. The molecule has 4 amide bonds. The van der Waals surface area contributed by atoms with Gasteiger partial charge >= 0.3 is 12.2 Å². The van der Waals surface area contributed by atoms with Crippen molar-refractivity contribution in [2.45, 2.75) is 18.5 Å². The van der Waals surface area contributed by atoms with Crippen LogP contribution in [0.3, 0.4) is 0 Å². The molecule has 1 fully saturated rings. The maximum atomic E-state index is 13.1. The maximum absolute atomic E-state index is 13.1. The number of urea groups is 1. The third-order valence-corrected chi connectivity index (χ3v) is 5.29. The molecule has 2 aromatic carbocycles. The van der Waals surface area contributed by atoms with Crippen LogP contribution in [0.25, 0.3) is 10.2 Å². The Labute approximate surface area is 188 Å². The molecule has 4 rings (SSSR count). The van der Waals surface area contributed by atoms with Crippen molar-refractivity contribution in [2.24, 2.45) is 5.73 Å². The molecule has 0 bridgehead atoms. The SMILES string of the molecule is NC(=O)C(c1ccc2nc(NC(=O)Nc3ccc(F)cc3)sc2c1)C(F)(F)F.O=C1CCN1. The van der Waals surface area contributed by atoms with E-state index in [4.69, 9.17) is 5.73 Å². The minimum absolute atomic E-state index is 0.134. The normalized spacial score (nSPS) is 13.8. The number of aromatic nitrogens is 1. The number of rotatable bonds is 4. The van der Waals surface area contributed by atoms with Gasteiger partial charge in [0.15, 0.2) is 11.0 Å². The van der Waals surface area contributed by atoms with Crippen LogP contribution in [0.15, 0.2) is 42.5 Å². The van der Waals surface area contributed by atoms with Crippen LogP contribution in [0.5, 0.6) is 0 Å². The molecule has 1 aliphatic rings. The van der Waals surface area contributed by atoms with Crippen LogP contribution < -0.4 is 21.7 Å². The highest BCUT2D eigenvalue weighted by atomic mass is 32.1. The molecular weight excluding hydrogens is 466 g/mol. The van der Waals surface area contributed by atoms with E-state index in [0.717, 1.165) is 30.4 Å². The Hall–Kier alpha value is -3.74. The lowest BCUT2D eigenvalue weighted by molar-refractivity contribution is -0.162. The third kappa shape index (κ3) is 6.38. The van der Waals surface area contributed by atoms with Gasteiger partial charge in [-0.15, -0.1) is 0 Å². The Balaban J connectivity index is 0.000000541. The summed E-state index contributed by atoms with van der Waals surface area (Å²) in [5, 5.41) is 7.62. The minimum atomic E-state index is -4.82. The monoisotopic (exact) mass is 483 g/mol. The number of amides is 4. The van der Waals surface area contributed by atoms with Crippen molar-refractivity contribution in [1.29, 1.82) is 0 Å². The molecule has 1 aliphatic heterocycles. The fourth-order valence-corrected chi connectivity index (χ4v) is 3.62. The Morgan fingerprint density at radius 3 is 2.27 bits per heavy atom. The number of carbonyl (C=O) groups is 3. The number of halogens is 4. The molecule has 3 aromatic rings. The Morgan fingerprint density at radius 1 is 1.12 bits per heavy atom. The molecule has 1 atom stereocenters. The molecule has 2 heterocycles. The van der Waals surface area contributed by atoms with E-state index in [-0.39, 0.29) is 16.6 Å². The summed E-state index contributed by atoms with van der Waals surface area (Å²) in [6.45, 7) is 0.888. The van der Waals surface area contributed by atoms with Crippen molar-refractivity contribution in [3.05, 3.63) is 53.8 Å². The third-order valence-electron chi connectivity index (χ3n) is 4.35. The van der Waals surface area contributed by atoms with Crippen LogP contribution in [0.4, 0.5) is 33.2 Å². The topological polar surface area (TPSA) is 126 Å². The average Bonchev–Trinajstić information content (AvgIpc) is 3.08. The van der Waals surface area contributed by atoms with E-state index in [1.807, 2.05) is 0 Å². The summed E-state index contributed by atoms with van der Waals surface area (Å²) >= 11 is 0.930. The van der Waals surface area contributed by atoms with E-state index in [2.05, 4.69) is 20.9 Å². The first-order valence-electron chi connectivity index (χ1n) is 9.39. The molecule has 8 nitrogen and oxygen atoms in total. The molecule has 1 aromatic heterocycles. The van der Waals surface area contributed by atoms with E-state index >= 15 is 0 Å². The quantitative estimate of drug-likeness (QED) is 0.333. The van der Waals surface area contributed by atoms with Gasteiger partial charge in [-0.25, -0.2) is 14.2 Å². The zero-order valence-electron chi connectivity index (χ0n) is 16.7. The molecule has 0 radical (unpaired) electrons. The number of anilines is 2. The summed E-state index contributed by atoms with van der Waals surface area (Å²) in [5.41, 5.74) is 5.27. The van der Waals surface area contributed by atoms with Crippen molar-refractivity contribution in [3.63, 3.8) is 0 Å². The van der Waals surface area contributed by atoms with Gasteiger partial charge in [-0.3, -0.25) is 14.9 Å². The van der Waals surface area contributed by atoms with Crippen LogP contribution >= 0.6 is 11.3 Å². The van der Waals surface area contributed by atoms with Gasteiger partial charge in [0.25, 0.3) is 0 Å². The number of alkyl halides is 3. The van der Waals surface area contributed by atoms with Crippen molar-refractivity contribution < 1.29 is 31.9 Å². The van der Waals surface area contributed by atoms with Gasteiger partial charge in [-0.2, -0.15) is 13.2 Å². The molecule has 5 N–H and O–H groups in total. The predicted octanol–water partition coefficient (Wildman–Crippen LogP) is 3.72. The number of carbonyl (C=O) groups excluding carboxylic acids is 3. The number of β-lactam (4-membered cyclic amide) rings is 1. The van der Waals surface area contributed by atoms with Gasteiger partial charge in [0.1, 0.15) is 5.82 Å². The second-order valence-corrected chi connectivity index (χ2v) is 7.84. The number of hydrogen-bond donors (Lipinski definition) is 4. The molecule has 0 aliphatic carbocycles. The second kappa shape index (κ2) is 9.81. The summed E-state index contributed by atoms with van der Waals surface area (Å²) in [5.74, 6) is -4.21. The fourth-order valence-electron chi connectivity index (χ4n) is 2.71. The lowest BCUT2D eigenvalue weighted by atomic mass is 9.98. The first-order chi connectivity index (χ1) is 15.5.